The van der Waals surface area contributed by atoms with Gasteiger partial charge in [0.05, 0.1) is 0 Å². The zero-order chi connectivity index (χ0) is 15.0. The van der Waals surface area contributed by atoms with Crippen LogP contribution in [-0.2, 0) is 16.0 Å². The van der Waals surface area contributed by atoms with Gasteiger partial charge < -0.3 is 10.6 Å². The standard InChI is InChI=1S/C16H19ClN2O2/c17-13-4-5-14-10(9-13)6-7-19(14)16(21)12-3-1-2-11(8-12)15(18)20/h4-5,9,11-12H,1-3,6-8H2,(H2,18,20). The molecular weight excluding hydrogens is 288 g/mol. The van der Waals surface area contributed by atoms with Crippen LogP contribution in [0.25, 0.3) is 0 Å². The van der Waals surface area contributed by atoms with E-state index in [0.29, 0.717) is 18.0 Å². The number of benzene rings is 1. The molecule has 0 aromatic heterocycles. The largest absolute Gasteiger partial charge is 0.369 e. The summed E-state index contributed by atoms with van der Waals surface area (Å²) in [4.78, 5) is 26.0. The number of nitrogens with two attached hydrogens (primary N) is 1. The number of hydrogen-bond donors (Lipinski definition) is 1. The van der Waals surface area contributed by atoms with Gasteiger partial charge >= 0.3 is 0 Å². The fourth-order valence-corrected chi connectivity index (χ4v) is 3.69. The Morgan fingerprint density at radius 1 is 1.24 bits per heavy atom. The van der Waals surface area contributed by atoms with Crippen LogP contribution in [0.1, 0.15) is 31.2 Å². The van der Waals surface area contributed by atoms with E-state index in [-0.39, 0.29) is 23.7 Å². The van der Waals surface area contributed by atoms with Gasteiger partial charge in [0.2, 0.25) is 11.8 Å². The number of halogens is 1. The Morgan fingerprint density at radius 2 is 2.00 bits per heavy atom. The Bertz CT molecular complexity index is 588. The van der Waals surface area contributed by atoms with Crippen molar-refractivity contribution in [1.82, 2.24) is 0 Å². The third-order valence-electron chi connectivity index (χ3n) is 4.63. The SMILES string of the molecule is NC(=O)C1CCCC(C(=O)N2CCc3cc(Cl)ccc32)C1. The minimum Gasteiger partial charge on any atom is -0.369 e. The summed E-state index contributed by atoms with van der Waals surface area (Å²) >= 11 is 6.00. The van der Waals surface area contributed by atoms with Crippen LogP contribution in [0.3, 0.4) is 0 Å². The Labute approximate surface area is 129 Å². The van der Waals surface area contributed by atoms with Gasteiger partial charge in [-0.3, -0.25) is 9.59 Å². The summed E-state index contributed by atoms with van der Waals surface area (Å²) in [6, 6.07) is 5.66. The molecule has 0 spiro atoms. The molecule has 1 aliphatic carbocycles. The molecule has 1 aliphatic heterocycles. The number of carbonyl (C=O) groups is 2. The summed E-state index contributed by atoms with van der Waals surface area (Å²) in [5.41, 5.74) is 7.48. The second-order valence-corrected chi connectivity index (χ2v) is 6.41. The van der Waals surface area contributed by atoms with E-state index in [1.165, 1.54) is 0 Å². The molecule has 0 bridgehead atoms. The number of nitrogens with zero attached hydrogens (tertiary/aromatic N) is 1. The van der Waals surface area contributed by atoms with E-state index in [9.17, 15) is 9.59 Å². The molecule has 1 aromatic carbocycles. The summed E-state index contributed by atoms with van der Waals surface area (Å²) in [7, 11) is 0. The second kappa shape index (κ2) is 5.68. The molecular formula is C16H19ClN2O2. The normalized spacial score (nSPS) is 24.7. The highest BCUT2D eigenvalue weighted by Gasteiger charge is 2.35. The molecule has 2 N–H and O–H groups in total. The lowest BCUT2D eigenvalue weighted by atomic mass is 9.80. The van der Waals surface area contributed by atoms with Crippen LogP contribution in [-0.4, -0.2) is 18.4 Å². The van der Waals surface area contributed by atoms with Gasteiger partial charge in [0.25, 0.3) is 0 Å². The van der Waals surface area contributed by atoms with Crippen LogP contribution in [0.2, 0.25) is 5.02 Å². The number of anilines is 1. The van der Waals surface area contributed by atoms with Crippen molar-refractivity contribution in [1.29, 1.82) is 0 Å². The maximum atomic E-state index is 12.8. The quantitative estimate of drug-likeness (QED) is 0.912. The first-order valence-corrected chi connectivity index (χ1v) is 7.83. The first-order valence-electron chi connectivity index (χ1n) is 7.45. The topological polar surface area (TPSA) is 63.4 Å². The molecule has 2 aliphatic rings. The van der Waals surface area contributed by atoms with Crippen molar-refractivity contribution in [2.75, 3.05) is 11.4 Å². The van der Waals surface area contributed by atoms with Crippen LogP contribution in [0.5, 0.6) is 0 Å². The van der Waals surface area contributed by atoms with Gasteiger partial charge in [0.15, 0.2) is 0 Å². The van der Waals surface area contributed by atoms with E-state index in [1.54, 1.807) is 0 Å². The highest BCUT2D eigenvalue weighted by Crippen LogP contribution is 2.35. The zero-order valence-corrected chi connectivity index (χ0v) is 12.6. The van der Waals surface area contributed by atoms with E-state index < -0.39 is 0 Å². The van der Waals surface area contributed by atoms with Crippen molar-refractivity contribution >= 4 is 29.1 Å². The van der Waals surface area contributed by atoms with E-state index in [0.717, 1.165) is 36.9 Å². The molecule has 2 amide bonds. The molecule has 2 unspecified atom stereocenters. The summed E-state index contributed by atoms with van der Waals surface area (Å²) in [5.74, 6) is -0.388. The lowest BCUT2D eigenvalue weighted by Gasteiger charge is -2.30. The third kappa shape index (κ3) is 2.77. The number of carbonyl (C=O) groups excluding carboxylic acids is 2. The lowest BCUT2D eigenvalue weighted by molar-refractivity contribution is -0.127. The summed E-state index contributed by atoms with van der Waals surface area (Å²) in [5, 5.41) is 0.703. The van der Waals surface area contributed by atoms with E-state index >= 15 is 0 Å². The minimum atomic E-state index is -0.277. The Morgan fingerprint density at radius 3 is 2.76 bits per heavy atom. The third-order valence-corrected chi connectivity index (χ3v) is 4.86. The summed E-state index contributed by atoms with van der Waals surface area (Å²) in [6.07, 6.45) is 3.99. The maximum absolute atomic E-state index is 12.8. The summed E-state index contributed by atoms with van der Waals surface area (Å²) in [6.45, 7) is 0.701. The van der Waals surface area contributed by atoms with Crippen molar-refractivity contribution in [2.45, 2.75) is 32.1 Å². The number of hydrogen-bond acceptors (Lipinski definition) is 2. The number of rotatable bonds is 2. The Balaban J connectivity index is 1.76. The molecule has 1 fully saturated rings. The highest BCUT2D eigenvalue weighted by molar-refractivity contribution is 6.30. The van der Waals surface area contributed by atoms with Crippen LogP contribution in [0.15, 0.2) is 18.2 Å². The molecule has 1 aromatic rings. The predicted molar refractivity (Wildman–Crippen MR) is 82.2 cm³/mol. The fourth-order valence-electron chi connectivity index (χ4n) is 3.49. The van der Waals surface area contributed by atoms with Crippen LogP contribution < -0.4 is 10.6 Å². The number of amides is 2. The second-order valence-electron chi connectivity index (χ2n) is 5.98. The average Bonchev–Trinajstić information content (AvgIpc) is 2.89. The molecule has 21 heavy (non-hydrogen) atoms. The van der Waals surface area contributed by atoms with Crippen molar-refractivity contribution in [3.05, 3.63) is 28.8 Å². The van der Waals surface area contributed by atoms with Gasteiger partial charge in [0, 0.05) is 29.1 Å². The van der Waals surface area contributed by atoms with Crippen molar-refractivity contribution in [3.8, 4) is 0 Å². The fraction of sp³-hybridized carbons (Fsp3) is 0.500. The van der Waals surface area contributed by atoms with Gasteiger partial charge in [-0.25, -0.2) is 0 Å². The van der Waals surface area contributed by atoms with Gasteiger partial charge in [-0.2, -0.15) is 0 Å². The molecule has 1 heterocycles. The van der Waals surface area contributed by atoms with Crippen LogP contribution in [0.4, 0.5) is 5.69 Å². The van der Waals surface area contributed by atoms with Crippen LogP contribution in [0, 0.1) is 11.8 Å². The average molecular weight is 307 g/mol. The van der Waals surface area contributed by atoms with Gasteiger partial charge in [-0.05, 0) is 49.4 Å². The van der Waals surface area contributed by atoms with Crippen molar-refractivity contribution in [3.63, 3.8) is 0 Å². The summed E-state index contributed by atoms with van der Waals surface area (Å²) < 4.78 is 0. The van der Waals surface area contributed by atoms with Crippen LogP contribution >= 0.6 is 11.6 Å². The molecule has 0 radical (unpaired) electrons. The molecule has 112 valence electrons. The van der Waals surface area contributed by atoms with Gasteiger partial charge in [0.1, 0.15) is 0 Å². The first-order chi connectivity index (χ1) is 10.1. The lowest BCUT2D eigenvalue weighted by Crippen LogP contribution is -2.39. The minimum absolute atomic E-state index is 0.0853. The molecule has 4 nitrogen and oxygen atoms in total. The van der Waals surface area contributed by atoms with Gasteiger partial charge in [-0.1, -0.05) is 18.0 Å². The molecule has 2 atom stereocenters. The van der Waals surface area contributed by atoms with Crippen molar-refractivity contribution < 1.29 is 9.59 Å². The highest BCUT2D eigenvalue weighted by atomic mass is 35.5. The molecule has 3 rings (SSSR count). The molecule has 1 saturated carbocycles. The Hall–Kier alpha value is -1.55. The molecule has 0 saturated heterocycles. The van der Waals surface area contributed by atoms with Gasteiger partial charge in [-0.15, -0.1) is 0 Å². The van der Waals surface area contributed by atoms with E-state index in [4.69, 9.17) is 17.3 Å². The predicted octanol–water partition coefficient (Wildman–Crippen LogP) is 2.52. The van der Waals surface area contributed by atoms with Crippen molar-refractivity contribution in [2.24, 2.45) is 17.6 Å². The smallest absolute Gasteiger partial charge is 0.230 e. The number of fused-ring (bicyclic) bond motifs is 1. The van der Waals surface area contributed by atoms with E-state index in [2.05, 4.69) is 0 Å². The maximum Gasteiger partial charge on any atom is 0.230 e. The Kier molecular flexibility index (Phi) is 3.89. The van der Waals surface area contributed by atoms with E-state index in [1.807, 2.05) is 23.1 Å². The zero-order valence-electron chi connectivity index (χ0n) is 11.8. The monoisotopic (exact) mass is 306 g/mol. The first kappa shape index (κ1) is 14.4. The molecule has 5 heteroatoms. The number of primary amides is 1.